The normalized spacial score (nSPS) is 20.2. The number of amides is 2. The lowest BCUT2D eigenvalue weighted by Gasteiger charge is -2.12. The Kier molecular flexibility index (Phi) is 2.37. The lowest BCUT2D eigenvalue weighted by molar-refractivity contribution is -0.124. The number of nitrogens with one attached hydrogen (secondary N) is 2. The fourth-order valence-electron chi connectivity index (χ4n) is 1.49. The average Bonchev–Trinajstić information content (AvgIpc) is 2.49. The van der Waals surface area contributed by atoms with Crippen molar-refractivity contribution in [2.75, 3.05) is 5.32 Å². The highest BCUT2D eigenvalue weighted by molar-refractivity contribution is 6.06. The van der Waals surface area contributed by atoms with Gasteiger partial charge >= 0.3 is 0 Å². The average molecular weight is 205 g/mol. The smallest absolute Gasteiger partial charge is 0.249 e. The van der Waals surface area contributed by atoms with Gasteiger partial charge in [-0.25, -0.2) is 0 Å². The molecule has 0 saturated carbocycles. The van der Waals surface area contributed by atoms with E-state index < -0.39 is 6.04 Å². The summed E-state index contributed by atoms with van der Waals surface area (Å²) in [5, 5.41) is 5.27. The predicted octanol–water partition coefficient (Wildman–Crippen LogP) is 0.217. The molecule has 1 saturated heterocycles. The van der Waals surface area contributed by atoms with E-state index in [1.807, 2.05) is 6.92 Å². The van der Waals surface area contributed by atoms with Crippen LogP contribution in [0.25, 0.3) is 0 Å². The topological polar surface area (TPSA) is 71.1 Å². The maximum atomic E-state index is 11.3. The Morgan fingerprint density at radius 3 is 2.93 bits per heavy atom. The molecule has 0 aromatic carbocycles. The summed E-state index contributed by atoms with van der Waals surface area (Å²) in [6, 6.07) is 1.32. The molecule has 0 radical (unpaired) electrons. The molecule has 2 N–H and O–H groups in total. The number of aromatic nitrogens is 1. The zero-order valence-electron chi connectivity index (χ0n) is 8.28. The number of pyridine rings is 1. The second-order valence-electron chi connectivity index (χ2n) is 3.50. The van der Waals surface area contributed by atoms with E-state index in [0.717, 1.165) is 11.3 Å². The quantitative estimate of drug-likeness (QED) is 0.677. The highest BCUT2D eigenvalue weighted by atomic mass is 16.2. The monoisotopic (exact) mass is 205 g/mol. The van der Waals surface area contributed by atoms with Gasteiger partial charge in [0.05, 0.1) is 6.42 Å². The highest BCUT2D eigenvalue weighted by Gasteiger charge is 2.30. The van der Waals surface area contributed by atoms with E-state index in [1.165, 1.54) is 0 Å². The van der Waals surface area contributed by atoms with Gasteiger partial charge in [-0.3, -0.25) is 19.9 Å². The summed E-state index contributed by atoms with van der Waals surface area (Å²) in [6.45, 7) is 1.89. The van der Waals surface area contributed by atoms with Gasteiger partial charge in [0.1, 0.15) is 6.04 Å². The minimum absolute atomic E-state index is 0.195. The minimum atomic E-state index is -0.460. The van der Waals surface area contributed by atoms with Crippen molar-refractivity contribution in [1.29, 1.82) is 0 Å². The van der Waals surface area contributed by atoms with Crippen LogP contribution in [-0.2, 0) is 9.59 Å². The largest absolute Gasteiger partial charge is 0.373 e. The Balaban J connectivity index is 2.13. The number of carbonyl (C=O) groups excluding carboxylic acids is 2. The first-order chi connectivity index (χ1) is 7.16. The van der Waals surface area contributed by atoms with Gasteiger partial charge in [0, 0.05) is 18.1 Å². The van der Waals surface area contributed by atoms with Crippen molar-refractivity contribution in [2.45, 2.75) is 19.4 Å². The Hall–Kier alpha value is -1.91. The molecule has 1 aliphatic rings. The summed E-state index contributed by atoms with van der Waals surface area (Å²) < 4.78 is 0. The standard InChI is InChI=1S/C10H11N3O2/c1-6-5-11-3-2-7(6)12-8-4-9(14)13-10(8)15/h2-3,5,8H,4H2,1H3,(H,11,12)(H,13,14,15). The van der Waals surface area contributed by atoms with Crippen molar-refractivity contribution in [1.82, 2.24) is 10.3 Å². The number of rotatable bonds is 2. The van der Waals surface area contributed by atoms with Crippen LogP contribution in [0.1, 0.15) is 12.0 Å². The molecule has 2 rings (SSSR count). The molecule has 0 aliphatic carbocycles. The maximum Gasteiger partial charge on any atom is 0.249 e. The number of imide groups is 1. The minimum Gasteiger partial charge on any atom is -0.373 e. The van der Waals surface area contributed by atoms with E-state index >= 15 is 0 Å². The van der Waals surface area contributed by atoms with Gasteiger partial charge in [0.25, 0.3) is 0 Å². The molecular formula is C10H11N3O2. The number of aryl methyl sites for hydroxylation is 1. The summed E-state index contributed by atoms with van der Waals surface area (Å²) in [7, 11) is 0. The molecule has 0 spiro atoms. The van der Waals surface area contributed by atoms with Gasteiger partial charge in [-0.1, -0.05) is 0 Å². The summed E-state index contributed by atoms with van der Waals surface area (Å²) in [6.07, 6.45) is 3.54. The van der Waals surface area contributed by atoms with Gasteiger partial charge < -0.3 is 5.32 Å². The van der Waals surface area contributed by atoms with Crippen LogP contribution in [0.5, 0.6) is 0 Å². The third-order valence-corrected chi connectivity index (χ3v) is 2.32. The predicted molar refractivity (Wildman–Crippen MR) is 54.2 cm³/mol. The fourth-order valence-corrected chi connectivity index (χ4v) is 1.49. The summed E-state index contributed by atoms with van der Waals surface area (Å²) in [4.78, 5) is 26.2. The summed E-state index contributed by atoms with van der Waals surface area (Å²) >= 11 is 0. The van der Waals surface area contributed by atoms with E-state index in [9.17, 15) is 9.59 Å². The third-order valence-electron chi connectivity index (χ3n) is 2.32. The number of hydrogen-bond donors (Lipinski definition) is 2. The van der Waals surface area contributed by atoms with Crippen molar-refractivity contribution in [3.63, 3.8) is 0 Å². The highest BCUT2D eigenvalue weighted by Crippen LogP contribution is 2.15. The fraction of sp³-hybridized carbons (Fsp3) is 0.300. The SMILES string of the molecule is Cc1cnccc1NC1CC(=O)NC1=O. The number of carbonyl (C=O) groups is 2. The van der Waals surface area contributed by atoms with Crippen LogP contribution in [0, 0.1) is 6.92 Å². The molecule has 78 valence electrons. The van der Waals surface area contributed by atoms with Gasteiger partial charge in [-0.2, -0.15) is 0 Å². The number of hydrogen-bond acceptors (Lipinski definition) is 4. The Bertz CT molecular complexity index is 417. The van der Waals surface area contributed by atoms with Crippen molar-refractivity contribution < 1.29 is 9.59 Å². The van der Waals surface area contributed by atoms with Crippen LogP contribution in [0.2, 0.25) is 0 Å². The molecule has 1 aromatic heterocycles. The first-order valence-electron chi connectivity index (χ1n) is 4.67. The van der Waals surface area contributed by atoms with E-state index in [1.54, 1.807) is 18.5 Å². The van der Waals surface area contributed by atoms with Crippen LogP contribution < -0.4 is 10.6 Å². The Morgan fingerprint density at radius 2 is 2.33 bits per heavy atom. The third kappa shape index (κ3) is 1.96. The van der Waals surface area contributed by atoms with Crippen molar-refractivity contribution >= 4 is 17.5 Å². The molecule has 5 nitrogen and oxygen atoms in total. The molecule has 1 aromatic rings. The first-order valence-corrected chi connectivity index (χ1v) is 4.67. The molecule has 2 heterocycles. The molecule has 0 bridgehead atoms. The van der Waals surface area contributed by atoms with Gasteiger partial charge in [0.15, 0.2) is 0 Å². The van der Waals surface area contributed by atoms with E-state index in [0.29, 0.717) is 0 Å². The van der Waals surface area contributed by atoms with Crippen LogP contribution >= 0.6 is 0 Å². The van der Waals surface area contributed by atoms with E-state index in [4.69, 9.17) is 0 Å². The second kappa shape index (κ2) is 3.68. The van der Waals surface area contributed by atoms with E-state index in [-0.39, 0.29) is 18.2 Å². The van der Waals surface area contributed by atoms with Gasteiger partial charge in [-0.15, -0.1) is 0 Å². The molecule has 5 heteroatoms. The van der Waals surface area contributed by atoms with Gasteiger partial charge in [-0.05, 0) is 18.6 Å². The van der Waals surface area contributed by atoms with E-state index in [2.05, 4.69) is 15.6 Å². The Labute approximate surface area is 86.9 Å². The lowest BCUT2D eigenvalue weighted by atomic mass is 10.2. The van der Waals surface area contributed by atoms with Crippen LogP contribution in [0.4, 0.5) is 5.69 Å². The molecule has 1 unspecified atom stereocenters. The summed E-state index contributed by atoms with van der Waals surface area (Å²) in [5.41, 5.74) is 1.78. The van der Waals surface area contributed by atoms with Crippen LogP contribution in [0.3, 0.4) is 0 Å². The molecule has 1 aliphatic heterocycles. The maximum absolute atomic E-state index is 11.3. The number of anilines is 1. The summed E-state index contributed by atoms with van der Waals surface area (Å²) in [5.74, 6) is -0.500. The Morgan fingerprint density at radius 1 is 1.53 bits per heavy atom. The zero-order valence-corrected chi connectivity index (χ0v) is 8.28. The van der Waals surface area contributed by atoms with Crippen molar-refractivity contribution in [2.24, 2.45) is 0 Å². The van der Waals surface area contributed by atoms with Crippen molar-refractivity contribution in [3.8, 4) is 0 Å². The van der Waals surface area contributed by atoms with Crippen LogP contribution in [0.15, 0.2) is 18.5 Å². The molecule has 2 amide bonds. The van der Waals surface area contributed by atoms with Gasteiger partial charge in [0.2, 0.25) is 11.8 Å². The first kappa shape index (κ1) is 9.64. The van der Waals surface area contributed by atoms with Crippen molar-refractivity contribution in [3.05, 3.63) is 24.0 Å². The second-order valence-corrected chi connectivity index (χ2v) is 3.50. The molecule has 1 fully saturated rings. The molecule has 1 atom stereocenters. The molecule has 15 heavy (non-hydrogen) atoms. The number of nitrogens with zero attached hydrogens (tertiary/aromatic N) is 1. The zero-order chi connectivity index (χ0) is 10.8. The lowest BCUT2D eigenvalue weighted by Crippen LogP contribution is -2.30. The molecular weight excluding hydrogens is 194 g/mol. The van der Waals surface area contributed by atoms with Crippen LogP contribution in [-0.4, -0.2) is 22.8 Å².